The van der Waals surface area contributed by atoms with E-state index in [9.17, 15) is 4.79 Å². The Bertz CT molecular complexity index is 166. The van der Waals surface area contributed by atoms with E-state index >= 15 is 0 Å². The molecule has 0 radical (unpaired) electrons. The normalized spacial score (nSPS) is 21.4. The van der Waals surface area contributed by atoms with Crippen molar-refractivity contribution < 1.29 is 4.79 Å². The fourth-order valence-corrected chi connectivity index (χ4v) is 2.94. The van der Waals surface area contributed by atoms with Crippen LogP contribution in [0.5, 0.6) is 0 Å². The van der Waals surface area contributed by atoms with Crippen LogP contribution in [0.4, 0.5) is 0 Å². The molecule has 1 aliphatic rings. The second-order valence-corrected chi connectivity index (χ2v) is 4.94. The molecule has 2 nitrogen and oxygen atoms in total. The lowest BCUT2D eigenvalue weighted by molar-refractivity contribution is -0.120. The Kier molecular flexibility index (Phi) is 4.81. The molecule has 0 saturated carbocycles. The lowest BCUT2D eigenvalue weighted by atomic mass is 9.92. The summed E-state index contributed by atoms with van der Waals surface area (Å²) >= 11 is 2.01. The van der Waals surface area contributed by atoms with E-state index in [2.05, 4.69) is 0 Å². The first-order valence-electron chi connectivity index (χ1n) is 5.10. The molecular weight excluding hydrogens is 182 g/mol. The highest BCUT2D eigenvalue weighted by molar-refractivity contribution is 7.99. The lowest BCUT2D eigenvalue weighted by Gasteiger charge is -2.23. The number of Topliss-reactive ketones (excluding diaryl/α,β-unsaturated/α-hetero) is 1. The zero-order chi connectivity index (χ0) is 9.68. The quantitative estimate of drug-likeness (QED) is 0.754. The summed E-state index contributed by atoms with van der Waals surface area (Å²) in [6.45, 7) is 1.89. The summed E-state index contributed by atoms with van der Waals surface area (Å²) < 4.78 is 0. The van der Waals surface area contributed by atoms with Gasteiger partial charge in [-0.1, -0.05) is 6.92 Å². The third kappa shape index (κ3) is 3.69. The number of ketones is 1. The van der Waals surface area contributed by atoms with Gasteiger partial charge in [-0.05, 0) is 36.7 Å². The van der Waals surface area contributed by atoms with Crippen molar-refractivity contribution in [1.29, 1.82) is 0 Å². The van der Waals surface area contributed by atoms with Crippen LogP contribution in [-0.2, 0) is 4.79 Å². The standard InChI is InChI=1S/C10H19NOS/c1-2-10(12)9(11)7-8-3-5-13-6-4-8/h8-9H,2-7,11H2,1H3. The minimum Gasteiger partial charge on any atom is -0.322 e. The van der Waals surface area contributed by atoms with E-state index in [1.54, 1.807) is 0 Å². The van der Waals surface area contributed by atoms with Gasteiger partial charge in [0.2, 0.25) is 0 Å². The monoisotopic (exact) mass is 201 g/mol. The molecule has 1 fully saturated rings. The SMILES string of the molecule is CCC(=O)C(N)CC1CCSCC1. The highest BCUT2D eigenvalue weighted by atomic mass is 32.2. The van der Waals surface area contributed by atoms with E-state index in [0.29, 0.717) is 12.3 Å². The van der Waals surface area contributed by atoms with Gasteiger partial charge in [0.1, 0.15) is 5.78 Å². The van der Waals surface area contributed by atoms with Gasteiger partial charge >= 0.3 is 0 Å². The van der Waals surface area contributed by atoms with Gasteiger partial charge in [-0.3, -0.25) is 4.79 Å². The second-order valence-electron chi connectivity index (χ2n) is 3.72. The molecule has 13 heavy (non-hydrogen) atoms. The highest BCUT2D eigenvalue weighted by Gasteiger charge is 2.19. The Morgan fingerprint density at radius 1 is 1.54 bits per heavy atom. The number of carbonyl (C=O) groups excluding carboxylic acids is 1. The average Bonchev–Trinajstić information content (AvgIpc) is 2.18. The van der Waals surface area contributed by atoms with Crippen LogP contribution in [0.2, 0.25) is 0 Å². The summed E-state index contributed by atoms with van der Waals surface area (Å²) in [6.07, 6.45) is 3.99. The lowest BCUT2D eigenvalue weighted by Crippen LogP contribution is -2.33. The van der Waals surface area contributed by atoms with Crippen molar-refractivity contribution >= 4 is 17.5 Å². The van der Waals surface area contributed by atoms with Crippen molar-refractivity contribution in [3.63, 3.8) is 0 Å². The molecule has 2 N–H and O–H groups in total. The first-order chi connectivity index (χ1) is 6.24. The summed E-state index contributed by atoms with van der Waals surface area (Å²) in [5, 5.41) is 0. The predicted octanol–water partition coefficient (Wildman–Crippen LogP) is 1.83. The maximum atomic E-state index is 11.3. The third-order valence-corrected chi connectivity index (χ3v) is 3.74. The molecule has 1 unspecified atom stereocenters. The maximum Gasteiger partial charge on any atom is 0.149 e. The largest absolute Gasteiger partial charge is 0.322 e. The van der Waals surface area contributed by atoms with E-state index in [4.69, 9.17) is 5.73 Å². The van der Waals surface area contributed by atoms with Crippen LogP contribution in [0, 0.1) is 5.92 Å². The molecule has 0 bridgehead atoms. The number of hydrogen-bond acceptors (Lipinski definition) is 3. The van der Waals surface area contributed by atoms with E-state index in [0.717, 1.165) is 6.42 Å². The zero-order valence-corrected chi connectivity index (χ0v) is 9.11. The first kappa shape index (κ1) is 11.1. The highest BCUT2D eigenvalue weighted by Crippen LogP contribution is 2.26. The van der Waals surface area contributed by atoms with Crippen molar-refractivity contribution in [2.75, 3.05) is 11.5 Å². The van der Waals surface area contributed by atoms with Gasteiger partial charge in [0.25, 0.3) is 0 Å². The number of carbonyl (C=O) groups is 1. The van der Waals surface area contributed by atoms with Gasteiger partial charge in [-0.2, -0.15) is 11.8 Å². The van der Waals surface area contributed by atoms with Gasteiger partial charge in [0.15, 0.2) is 0 Å². The van der Waals surface area contributed by atoms with Crippen molar-refractivity contribution in [3.8, 4) is 0 Å². The van der Waals surface area contributed by atoms with Gasteiger partial charge in [-0.25, -0.2) is 0 Å². The van der Waals surface area contributed by atoms with Crippen molar-refractivity contribution in [2.24, 2.45) is 11.7 Å². The Labute approximate surface area is 84.6 Å². The molecule has 3 heteroatoms. The summed E-state index contributed by atoms with van der Waals surface area (Å²) in [5.41, 5.74) is 5.80. The molecule has 1 atom stereocenters. The minimum atomic E-state index is -0.196. The van der Waals surface area contributed by atoms with Gasteiger partial charge < -0.3 is 5.73 Å². The molecule has 1 heterocycles. The summed E-state index contributed by atoms with van der Waals surface area (Å²) in [7, 11) is 0. The molecule has 0 aromatic carbocycles. The van der Waals surface area contributed by atoms with Gasteiger partial charge in [-0.15, -0.1) is 0 Å². The fourth-order valence-electron chi connectivity index (χ4n) is 1.73. The van der Waals surface area contributed by atoms with Crippen LogP contribution in [0.15, 0.2) is 0 Å². The van der Waals surface area contributed by atoms with Crippen LogP contribution < -0.4 is 5.73 Å². The van der Waals surface area contributed by atoms with Crippen molar-refractivity contribution in [2.45, 2.75) is 38.6 Å². The Hall–Kier alpha value is -0.0200. The van der Waals surface area contributed by atoms with Gasteiger partial charge in [0, 0.05) is 6.42 Å². The van der Waals surface area contributed by atoms with Crippen molar-refractivity contribution in [3.05, 3.63) is 0 Å². The summed E-state index contributed by atoms with van der Waals surface area (Å²) in [4.78, 5) is 11.3. The topological polar surface area (TPSA) is 43.1 Å². The summed E-state index contributed by atoms with van der Waals surface area (Å²) in [5.74, 6) is 3.42. The van der Waals surface area contributed by atoms with E-state index < -0.39 is 0 Å². The molecule has 1 aliphatic heterocycles. The molecular formula is C10H19NOS. The number of nitrogens with two attached hydrogens (primary N) is 1. The third-order valence-electron chi connectivity index (χ3n) is 2.69. The molecule has 76 valence electrons. The molecule has 1 rings (SSSR count). The Morgan fingerprint density at radius 2 is 2.15 bits per heavy atom. The first-order valence-corrected chi connectivity index (χ1v) is 6.25. The smallest absolute Gasteiger partial charge is 0.149 e. The van der Waals surface area contributed by atoms with Crippen LogP contribution in [-0.4, -0.2) is 23.3 Å². The maximum absolute atomic E-state index is 11.3. The van der Waals surface area contributed by atoms with E-state index in [1.165, 1.54) is 24.3 Å². The number of rotatable bonds is 4. The molecule has 1 saturated heterocycles. The van der Waals surface area contributed by atoms with Crippen LogP contribution in [0.25, 0.3) is 0 Å². The number of thioether (sulfide) groups is 1. The second kappa shape index (κ2) is 5.66. The Morgan fingerprint density at radius 3 is 2.69 bits per heavy atom. The fraction of sp³-hybridized carbons (Fsp3) is 0.900. The van der Waals surface area contributed by atoms with Crippen LogP contribution in [0.3, 0.4) is 0 Å². The molecule has 0 spiro atoms. The zero-order valence-electron chi connectivity index (χ0n) is 8.29. The van der Waals surface area contributed by atoms with E-state index in [-0.39, 0.29) is 11.8 Å². The molecule has 0 aliphatic carbocycles. The molecule has 0 aromatic heterocycles. The van der Waals surface area contributed by atoms with Crippen molar-refractivity contribution in [1.82, 2.24) is 0 Å². The summed E-state index contributed by atoms with van der Waals surface area (Å²) in [6, 6.07) is -0.196. The molecule has 0 amide bonds. The van der Waals surface area contributed by atoms with Gasteiger partial charge in [0.05, 0.1) is 6.04 Å². The average molecular weight is 201 g/mol. The van der Waals surface area contributed by atoms with Crippen LogP contribution in [0.1, 0.15) is 32.6 Å². The minimum absolute atomic E-state index is 0.196. The van der Waals surface area contributed by atoms with Crippen LogP contribution >= 0.6 is 11.8 Å². The molecule has 0 aromatic rings. The number of hydrogen-bond donors (Lipinski definition) is 1. The predicted molar refractivity (Wildman–Crippen MR) is 57.9 cm³/mol. The Balaban J connectivity index is 2.25. The van der Waals surface area contributed by atoms with E-state index in [1.807, 2.05) is 18.7 Å².